The zero-order valence-electron chi connectivity index (χ0n) is 12.0. The Balaban J connectivity index is 2.20. The van der Waals surface area contributed by atoms with E-state index < -0.39 is 5.24 Å². The number of carbonyl (C=O) groups is 1. The Morgan fingerprint density at radius 3 is 2.82 bits per heavy atom. The summed E-state index contributed by atoms with van der Waals surface area (Å²) >= 11 is 8.08. The van der Waals surface area contributed by atoms with Gasteiger partial charge in [-0.1, -0.05) is 0 Å². The lowest BCUT2D eigenvalue weighted by molar-refractivity contribution is 0.108. The highest BCUT2D eigenvalue weighted by Crippen LogP contribution is 2.32. The van der Waals surface area contributed by atoms with E-state index in [1.54, 1.807) is 12.3 Å². The molecule has 0 saturated carbocycles. The summed E-state index contributed by atoms with van der Waals surface area (Å²) in [6.07, 6.45) is 1.70. The minimum atomic E-state index is -0.496. The number of rotatable bonds is 3. The molecular formula is C16H13ClIN3O. The Kier molecular flexibility index (Phi) is 4.10. The summed E-state index contributed by atoms with van der Waals surface area (Å²) in [6, 6.07) is 9.73. The molecule has 0 fully saturated rings. The Hall–Kier alpha value is -1.60. The number of nitrogens with one attached hydrogen (secondary N) is 1. The van der Waals surface area contributed by atoms with Gasteiger partial charge in [0.2, 0.25) is 0 Å². The first kappa shape index (κ1) is 15.3. The smallest absolute Gasteiger partial charge is 0.256 e. The molecule has 0 aliphatic rings. The van der Waals surface area contributed by atoms with E-state index >= 15 is 0 Å². The number of pyridine rings is 1. The maximum absolute atomic E-state index is 11.9. The van der Waals surface area contributed by atoms with Crippen LogP contribution in [-0.4, -0.2) is 14.8 Å². The maximum Gasteiger partial charge on any atom is 0.256 e. The highest BCUT2D eigenvalue weighted by molar-refractivity contribution is 14.1. The molecule has 0 spiro atoms. The van der Waals surface area contributed by atoms with E-state index in [1.165, 1.54) is 0 Å². The van der Waals surface area contributed by atoms with Crippen LogP contribution in [0.1, 0.15) is 15.9 Å². The molecule has 2 heterocycles. The summed E-state index contributed by atoms with van der Waals surface area (Å²) in [5, 5.41) is 3.57. The Morgan fingerprint density at radius 1 is 1.36 bits per heavy atom. The van der Waals surface area contributed by atoms with E-state index in [9.17, 15) is 4.79 Å². The van der Waals surface area contributed by atoms with Crippen molar-refractivity contribution in [2.45, 2.75) is 6.92 Å². The third kappa shape index (κ3) is 2.59. The Labute approximate surface area is 146 Å². The zero-order valence-corrected chi connectivity index (χ0v) is 14.9. The van der Waals surface area contributed by atoms with Crippen molar-refractivity contribution < 1.29 is 4.79 Å². The summed E-state index contributed by atoms with van der Waals surface area (Å²) in [4.78, 5) is 16.2. The number of fused-ring (bicyclic) bond motifs is 1. The van der Waals surface area contributed by atoms with E-state index in [0.717, 1.165) is 25.9 Å². The lowest BCUT2D eigenvalue weighted by atomic mass is 10.2. The third-order valence-corrected chi connectivity index (χ3v) is 4.44. The summed E-state index contributed by atoms with van der Waals surface area (Å²) in [5.74, 6) is 0.651. The van der Waals surface area contributed by atoms with Gasteiger partial charge in [0.25, 0.3) is 5.24 Å². The van der Waals surface area contributed by atoms with Crippen molar-refractivity contribution in [1.82, 2.24) is 9.55 Å². The van der Waals surface area contributed by atoms with Gasteiger partial charge in [0.1, 0.15) is 11.5 Å². The summed E-state index contributed by atoms with van der Waals surface area (Å²) < 4.78 is 3.01. The zero-order chi connectivity index (χ0) is 15.9. The fraction of sp³-hybridized carbons (Fsp3) is 0.125. The summed E-state index contributed by atoms with van der Waals surface area (Å²) in [6.45, 7) is 2.02. The van der Waals surface area contributed by atoms with Crippen LogP contribution in [0.4, 0.5) is 11.5 Å². The molecule has 1 aromatic carbocycles. The minimum absolute atomic E-state index is 0.449. The molecule has 3 aromatic rings. The van der Waals surface area contributed by atoms with Crippen molar-refractivity contribution >= 4 is 62.0 Å². The molecule has 0 atom stereocenters. The lowest BCUT2D eigenvalue weighted by Gasteiger charge is -2.12. The second kappa shape index (κ2) is 5.89. The predicted octanol–water partition coefficient (Wildman–Crippen LogP) is 4.61. The molecule has 4 nitrogen and oxygen atoms in total. The van der Waals surface area contributed by atoms with Crippen LogP contribution in [0, 0.1) is 10.5 Å². The van der Waals surface area contributed by atoms with Crippen LogP contribution >= 0.6 is 34.2 Å². The lowest BCUT2D eigenvalue weighted by Crippen LogP contribution is -2.03. The normalized spacial score (nSPS) is 10.9. The molecule has 0 amide bonds. The molecule has 0 unspecified atom stereocenters. The molecule has 0 radical (unpaired) electrons. The molecule has 1 N–H and O–H groups in total. The number of anilines is 2. The minimum Gasteiger partial charge on any atom is -0.341 e. The van der Waals surface area contributed by atoms with Gasteiger partial charge < -0.3 is 9.88 Å². The number of aryl methyl sites for hydroxylation is 2. The topological polar surface area (TPSA) is 46.9 Å². The molecule has 22 heavy (non-hydrogen) atoms. The van der Waals surface area contributed by atoms with Gasteiger partial charge in [-0.2, -0.15) is 0 Å². The van der Waals surface area contributed by atoms with E-state index in [0.29, 0.717) is 11.4 Å². The molecule has 0 bridgehead atoms. The van der Waals surface area contributed by atoms with Crippen molar-refractivity contribution in [3.63, 3.8) is 0 Å². The number of nitrogens with zero attached hydrogens (tertiary/aromatic N) is 2. The predicted molar refractivity (Wildman–Crippen MR) is 98.1 cm³/mol. The van der Waals surface area contributed by atoms with Crippen LogP contribution in [0.5, 0.6) is 0 Å². The van der Waals surface area contributed by atoms with Crippen LogP contribution in [0.3, 0.4) is 0 Å². The number of benzene rings is 1. The van der Waals surface area contributed by atoms with Gasteiger partial charge in [-0.15, -0.1) is 0 Å². The standard InChI is InChI=1S/C16H13ClIN3O/c1-9-8-10(18)5-6-12(9)20-16-13(14(17)22)11-4-3-7-19-15(11)21(16)2/h3-8,20H,1-2H3. The first-order valence-corrected chi connectivity index (χ1v) is 8.11. The maximum atomic E-state index is 11.9. The van der Waals surface area contributed by atoms with Gasteiger partial charge in [0, 0.05) is 27.9 Å². The first-order valence-electron chi connectivity index (χ1n) is 6.65. The van der Waals surface area contributed by atoms with Gasteiger partial charge in [-0.05, 0) is 77.0 Å². The highest BCUT2D eigenvalue weighted by atomic mass is 127. The third-order valence-electron chi connectivity index (χ3n) is 3.58. The summed E-state index contributed by atoms with van der Waals surface area (Å²) in [5.41, 5.74) is 3.20. The first-order chi connectivity index (χ1) is 10.5. The van der Waals surface area contributed by atoms with Crippen LogP contribution in [0.25, 0.3) is 11.0 Å². The van der Waals surface area contributed by atoms with Crippen molar-refractivity contribution in [2.24, 2.45) is 7.05 Å². The molecule has 0 aliphatic carbocycles. The van der Waals surface area contributed by atoms with E-state index in [4.69, 9.17) is 11.6 Å². The quantitative estimate of drug-likeness (QED) is 0.492. The van der Waals surface area contributed by atoms with Crippen molar-refractivity contribution in [3.8, 4) is 0 Å². The number of carbonyl (C=O) groups excluding carboxylic acids is 1. The molecule has 112 valence electrons. The number of hydrogen-bond donors (Lipinski definition) is 1. The molecule has 0 saturated heterocycles. The van der Waals surface area contributed by atoms with Crippen LogP contribution in [0.15, 0.2) is 36.5 Å². The van der Waals surface area contributed by atoms with Crippen LogP contribution < -0.4 is 5.32 Å². The SMILES string of the molecule is Cc1cc(I)ccc1Nc1c(C(=O)Cl)c2cccnc2n1C. The molecule has 2 aromatic heterocycles. The van der Waals surface area contributed by atoms with Crippen LogP contribution in [-0.2, 0) is 7.05 Å². The largest absolute Gasteiger partial charge is 0.341 e. The summed E-state index contributed by atoms with van der Waals surface area (Å²) in [7, 11) is 1.86. The average Bonchev–Trinajstić information content (AvgIpc) is 2.75. The number of hydrogen-bond acceptors (Lipinski definition) is 3. The van der Waals surface area contributed by atoms with Crippen molar-refractivity contribution in [1.29, 1.82) is 0 Å². The molecular weight excluding hydrogens is 413 g/mol. The van der Waals surface area contributed by atoms with Gasteiger partial charge in [-0.25, -0.2) is 4.98 Å². The van der Waals surface area contributed by atoms with Crippen molar-refractivity contribution in [3.05, 3.63) is 51.2 Å². The van der Waals surface area contributed by atoms with Gasteiger partial charge in [0.05, 0.1) is 5.56 Å². The second-order valence-corrected chi connectivity index (χ2v) is 6.60. The number of aromatic nitrogens is 2. The highest BCUT2D eigenvalue weighted by Gasteiger charge is 2.21. The Morgan fingerprint density at radius 2 is 2.14 bits per heavy atom. The van der Waals surface area contributed by atoms with E-state index in [1.807, 2.05) is 36.7 Å². The molecule has 6 heteroatoms. The van der Waals surface area contributed by atoms with Gasteiger partial charge in [-0.3, -0.25) is 4.79 Å². The van der Waals surface area contributed by atoms with Crippen molar-refractivity contribution in [2.75, 3.05) is 5.32 Å². The van der Waals surface area contributed by atoms with Gasteiger partial charge >= 0.3 is 0 Å². The molecule has 0 aliphatic heterocycles. The fourth-order valence-electron chi connectivity index (χ4n) is 2.50. The number of halogens is 2. The Bertz CT molecular complexity index is 888. The molecule has 3 rings (SSSR count). The average molecular weight is 426 g/mol. The van der Waals surface area contributed by atoms with E-state index in [2.05, 4.69) is 39.0 Å². The monoisotopic (exact) mass is 425 g/mol. The second-order valence-electron chi connectivity index (χ2n) is 5.02. The van der Waals surface area contributed by atoms with Crippen LogP contribution in [0.2, 0.25) is 0 Å². The fourth-order valence-corrected chi connectivity index (χ4v) is 3.34. The van der Waals surface area contributed by atoms with E-state index in [-0.39, 0.29) is 0 Å². The van der Waals surface area contributed by atoms with Gasteiger partial charge in [0.15, 0.2) is 0 Å².